The van der Waals surface area contributed by atoms with Crippen LogP contribution in [0, 0.1) is 0 Å². The molecule has 13 heavy (non-hydrogen) atoms. The van der Waals surface area contributed by atoms with E-state index in [9.17, 15) is 22.0 Å². The number of halogens is 5. The lowest BCUT2D eigenvalue weighted by molar-refractivity contribution is -0.281. The summed E-state index contributed by atoms with van der Waals surface area (Å²) < 4.78 is 61.2. The first kappa shape index (κ1) is 10.7. The number of alkyl halides is 5. The van der Waals surface area contributed by atoms with Gasteiger partial charge in [0.1, 0.15) is 0 Å². The minimum atomic E-state index is -4.80. The van der Waals surface area contributed by atoms with Gasteiger partial charge in [0, 0.05) is 12.8 Å². The molecule has 0 spiro atoms. The van der Waals surface area contributed by atoms with Crippen molar-refractivity contribution in [3.63, 3.8) is 0 Å². The van der Waals surface area contributed by atoms with Crippen LogP contribution in [-0.4, -0.2) is 22.8 Å². The van der Waals surface area contributed by atoms with Crippen LogP contribution < -0.4 is 0 Å². The Morgan fingerprint density at radius 1 is 0.923 bits per heavy atom. The third-order valence-corrected chi connectivity index (χ3v) is 2.34. The molecule has 1 aliphatic carbocycles. The summed E-state index contributed by atoms with van der Waals surface area (Å²) >= 11 is 0. The van der Waals surface area contributed by atoms with Crippen LogP contribution in [0.2, 0.25) is 0 Å². The molecular formula is C7H9F5O. The predicted molar refractivity (Wildman–Crippen MR) is 34.4 cm³/mol. The minimum absolute atomic E-state index is 0.900. The molecule has 0 amide bonds. The van der Waals surface area contributed by atoms with Gasteiger partial charge in [0.2, 0.25) is 5.92 Å². The molecule has 0 heterocycles. The Bertz CT molecular complexity index is 188. The summed E-state index contributed by atoms with van der Waals surface area (Å²) in [6.45, 7) is 0. The van der Waals surface area contributed by atoms with Crippen molar-refractivity contribution < 1.29 is 27.1 Å². The topological polar surface area (TPSA) is 20.2 Å². The highest BCUT2D eigenvalue weighted by Gasteiger charge is 2.57. The Labute approximate surface area is 71.5 Å². The van der Waals surface area contributed by atoms with Gasteiger partial charge in [-0.25, -0.2) is 8.78 Å². The molecule has 1 rings (SSSR count). The monoisotopic (exact) mass is 204 g/mol. The van der Waals surface area contributed by atoms with Gasteiger partial charge in [-0.3, -0.25) is 0 Å². The van der Waals surface area contributed by atoms with Gasteiger partial charge in [0.05, 0.1) is 0 Å². The standard InChI is InChI=1S/C7H9F5O/c8-6(9)3-1-5(13,2-4-6)7(10,11)12/h13H,1-4H2. The molecule has 0 aromatic rings. The van der Waals surface area contributed by atoms with Gasteiger partial charge < -0.3 is 5.11 Å². The van der Waals surface area contributed by atoms with Crippen LogP contribution in [0.3, 0.4) is 0 Å². The molecule has 1 nitrogen and oxygen atoms in total. The molecule has 0 saturated heterocycles. The fourth-order valence-corrected chi connectivity index (χ4v) is 1.31. The van der Waals surface area contributed by atoms with E-state index in [4.69, 9.17) is 5.11 Å². The number of aliphatic hydroxyl groups is 1. The van der Waals surface area contributed by atoms with E-state index in [-0.39, 0.29) is 0 Å². The van der Waals surface area contributed by atoms with Gasteiger partial charge in [0.25, 0.3) is 0 Å². The Morgan fingerprint density at radius 3 is 1.62 bits per heavy atom. The van der Waals surface area contributed by atoms with E-state index in [0.717, 1.165) is 0 Å². The molecule has 0 aliphatic heterocycles. The van der Waals surface area contributed by atoms with E-state index in [2.05, 4.69) is 0 Å². The second-order valence-electron chi connectivity index (χ2n) is 3.39. The van der Waals surface area contributed by atoms with Gasteiger partial charge in [-0.15, -0.1) is 0 Å². The van der Waals surface area contributed by atoms with Crippen LogP contribution in [0.1, 0.15) is 25.7 Å². The van der Waals surface area contributed by atoms with Crippen molar-refractivity contribution in [3.8, 4) is 0 Å². The summed E-state index contributed by atoms with van der Waals surface area (Å²) in [5, 5.41) is 8.98. The van der Waals surface area contributed by atoms with Gasteiger partial charge in [-0.2, -0.15) is 13.2 Å². The lowest BCUT2D eigenvalue weighted by Crippen LogP contribution is -2.49. The van der Waals surface area contributed by atoms with Crippen molar-refractivity contribution in [1.29, 1.82) is 0 Å². The molecule has 0 atom stereocenters. The summed E-state index contributed by atoms with van der Waals surface area (Å²) in [6.07, 6.45) is -8.43. The van der Waals surface area contributed by atoms with Gasteiger partial charge in [0.15, 0.2) is 5.60 Å². The fourth-order valence-electron chi connectivity index (χ4n) is 1.31. The van der Waals surface area contributed by atoms with Crippen molar-refractivity contribution in [2.75, 3.05) is 0 Å². The Kier molecular flexibility index (Phi) is 2.30. The zero-order chi connectivity index (χ0) is 10.3. The largest absolute Gasteiger partial charge is 0.417 e. The van der Waals surface area contributed by atoms with E-state index >= 15 is 0 Å². The minimum Gasteiger partial charge on any atom is -0.380 e. The van der Waals surface area contributed by atoms with Crippen LogP contribution in [0.5, 0.6) is 0 Å². The van der Waals surface area contributed by atoms with Crippen molar-refractivity contribution in [3.05, 3.63) is 0 Å². The normalized spacial score (nSPS) is 27.2. The Morgan fingerprint density at radius 2 is 1.31 bits per heavy atom. The molecule has 0 unspecified atom stereocenters. The smallest absolute Gasteiger partial charge is 0.380 e. The zero-order valence-corrected chi connectivity index (χ0v) is 6.67. The average molecular weight is 204 g/mol. The Hall–Kier alpha value is -0.390. The van der Waals surface area contributed by atoms with E-state index in [0.29, 0.717) is 0 Å². The Balaban J connectivity index is 2.68. The van der Waals surface area contributed by atoms with Crippen LogP contribution in [0.4, 0.5) is 22.0 Å². The summed E-state index contributed by atoms with van der Waals surface area (Å²) in [7, 11) is 0. The molecule has 0 aromatic heterocycles. The first-order chi connectivity index (χ1) is 5.66. The summed E-state index contributed by atoms with van der Waals surface area (Å²) in [6, 6.07) is 0. The van der Waals surface area contributed by atoms with Gasteiger partial charge in [-0.05, 0) is 12.8 Å². The lowest BCUT2D eigenvalue weighted by atomic mass is 9.82. The average Bonchev–Trinajstić information content (AvgIpc) is 1.94. The maximum Gasteiger partial charge on any atom is 0.417 e. The van der Waals surface area contributed by atoms with Gasteiger partial charge >= 0.3 is 6.18 Å². The van der Waals surface area contributed by atoms with Crippen molar-refractivity contribution in [2.45, 2.75) is 43.4 Å². The molecule has 0 aromatic carbocycles. The molecule has 1 aliphatic rings. The summed E-state index contributed by atoms with van der Waals surface area (Å²) in [4.78, 5) is 0. The highest BCUT2D eigenvalue weighted by Crippen LogP contribution is 2.46. The van der Waals surface area contributed by atoms with E-state index in [1.54, 1.807) is 0 Å². The van der Waals surface area contributed by atoms with E-state index in [1.807, 2.05) is 0 Å². The molecule has 1 saturated carbocycles. The van der Waals surface area contributed by atoms with Gasteiger partial charge in [-0.1, -0.05) is 0 Å². The zero-order valence-electron chi connectivity index (χ0n) is 6.67. The predicted octanol–water partition coefficient (Wildman–Crippen LogP) is 2.49. The molecular weight excluding hydrogens is 195 g/mol. The number of hydrogen-bond donors (Lipinski definition) is 1. The number of rotatable bonds is 0. The van der Waals surface area contributed by atoms with Crippen LogP contribution in [-0.2, 0) is 0 Å². The third-order valence-electron chi connectivity index (χ3n) is 2.34. The SMILES string of the molecule is OC1(C(F)(F)F)CCC(F)(F)CC1. The maximum absolute atomic E-state index is 12.5. The van der Waals surface area contributed by atoms with Crippen LogP contribution in [0.25, 0.3) is 0 Å². The molecule has 6 heteroatoms. The highest BCUT2D eigenvalue weighted by atomic mass is 19.4. The molecule has 78 valence electrons. The van der Waals surface area contributed by atoms with Crippen molar-refractivity contribution in [1.82, 2.24) is 0 Å². The van der Waals surface area contributed by atoms with E-state index < -0.39 is 43.4 Å². The van der Waals surface area contributed by atoms with Crippen molar-refractivity contribution >= 4 is 0 Å². The maximum atomic E-state index is 12.5. The molecule has 1 fully saturated rings. The van der Waals surface area contributed by atoms with Crippen LogP contribution in [0.15, 0.2) is 0 Å². The quantitative estimate of drug-likeness (QED) is 0.601. The number of hydrogen-bond acceptors (Lipinski definition) is 1. The molecule has 0 radical (unpaired) electrons. The first-order valence-corrected chi connectivity index (χ1v) is 3.83. The lowest BCUT2D eigenvalue weighted by Gasteiger charge is -2.36. The highest BCUT2D eigenvalue weighted by molar-refractivity contribution is 4.93. The molecule has 0 bridgehead atoms. The van der Waals surface area contributed by atoms with E-state index in [1.165, 1.54) is 0 Å². The molecule has 1 N–H and O–H groups in total. The van der Waals surface area contributed by atoms with Crippen LogP contribution >= 0.6 is 0 Å². The third kappa shape index (κ3) is 2.10. The summed E-state index contributed by atoms with van der Waals surface area (Å²) in [5.41, 5.74) is -2.91. The summed E-state index contributed by atoms with van der Waals surface area (Å²) in [5.74, 6) is -3.06. The van der Waals surface area contributed by atoms with Crippen molar-refractivity contribution in [2.24, 2.45) is 0 Å². The second kappa shape index (κ2) is 2.80. The fraction of sp³-hybridized carbons (Fsp3) is 1.00. The first-order valence-electron chi connectivity index (χ1n) is 3.83. The second-order valence-corrected chi connectivity index (χ2v) is 3.39.